The first-order valence-electron chi connectivity index (χ1n) is 10.3. The Hall–Kier alpha value is -1.05. The van der Waals surface area contributed by atoms with Gasteiger partial charge in [0.1, 0.15) is 0 Å². The molecule has 0 aliphatic heterocycles. The van der Waals surface area contributed by atoms with Crippen molar-refractivity contribution in [1.29, 1.82) is 0 Å². The van der Waals surface area contributed by atoms with Crippen LogP contribution in [0.15, 0.2) is 0 Å². The van der Waals surface area contributed by atoms with Crippen molar-refractivity contribution in [3.8, 4) is 0 Å². The van der Waals surface area contributed by atoms with Gasteiger partial charge in [0, 0.05) is 6.61 Å². The molecule has 0 saturated heterocycles. The van der Waals surface area contributed by atoms with Crippen LogP contribution in [-0.4, -0.2) is 117 Å². The van der Waals surface area contributed by atoms with Gasteiger partial charge in [-0.2, -0.15) is 0 Å². The lowest BCUT2D eigenvalue weighted by molar-refractivity contribution is -0.0216. The van der Waals surface area contributed by atoms with E-state index in [0.29, 0.717) is 99.1 Å². The lowest BCUT2D eigenvalue weighted by Gasteiger charge is -2.08. The topological polar surface area (TPSA) is 137 Å². The summed E-state index contributed by atoms with van der Waals surface area (Å²) in [6.45, 7) is 7.30. The molecule has 0 aromatic heterocycles. The summed E-state index contributed by atoms with van der Waals surface area (Å²) in [5.41, 5.74) is 4.85. The molecule has 30 heavy (non-hydrogen) atoms. The van der Waals surface area contributed by atoms with Crippen LogP contribution in [-0.2, 0) is 37.9 Å². The lowest BCUT2D eigenvalue weighted by atomic mass is 10.3. The van der Waals surface area contributed by atoms with Crippen molar-refractivity contribution in [2.45, 2.75) is 12.8 Å². The van der Waals surface area contributed by atoms with Gasteiger partial charge in [0.2, 0.25) is 0 Å². The molecule has 0 aliphatic carbocycles. The third-order valence-corrected chi connectivity index (χ3v) is 3.40. The van der Waals surface area contributed by atoms with Gasteiger partial charge < -0.3 is 48.7 Å². The van der Waals surface area contributed by atoms with Gasteiger partial charge in [0.15, 0.2) is 0 Å². The number of carbonyl (C=O) groups is 1. The summed E-state index contributed by atoms with van der Waals surface area (Å²) >= 11 is 0. The summed E-state index contributed by atoms with van der Waals surface area (Å²) in [4.78, 5) is 10.3. The van der Waals surface area contributed by atoms with Crippen LogP contribution in [0.2, 0.25) is 0 Å². The summed E-state index contributed by atoms with van der Waals surface area (Å²) in [5, 5.41) is 8.53. The molecule has 0 atom stereocenters. The number of hydrogen-bond donors (Lipinski definition) is 2. The maximum atomic E-state index is 10.3. The van der Waals surface area contributed by atoms with Crippen molar-refractivity contribution in [2.24, 2.45) is 5.73 Å². The minimum absolute atomic E-state index is 0.0257. The van der Waals surface area contributed by atoms with Gasteiger partial charge in [-0.15, -0.1) is 0 Å². The molecule has 0 fully saturated rings. The van der Waals surface area contributed by atoms with Gasteiger partial charge in [-0.25, -0.2) is 4.79 Å². The highest BCUT2D eigenvalue weighted by molar-refractivity contribution is 5.64. The SMILES string of the molecule is NC(=O)OCCCCOCCOCCOCCOCCOCCOCCOCCO. The van der Waals surface area contributed by atoms with Crippen LogP contribution in [0.25, 0.3) is 0 Å². The molecule has 0 bridgehead atoms. The predicted octanol–water partition coefficient (Wildman–Crippen LogP) is -0.0296. The van der Waals surface area contributed by atoms with E-state index in [4.69, 9.17) is 44.0 Å². The van der Waals surface area contributed by atoms with Crippen molar-refractivity contribution in [2.75, 3.05) is 106 Å². The van der Waals surface area contributed by atoms with E-state index < -0.39 is 6.09 Å². The number of rotatable bonds is 25. The molecule has 0 unspecified atom stereocenters. The molecule has 0 aromatic rings. The Labute approximate surface area is 179 Å². The second kappa shape index (κ2) is 26.0. The summed E-state index contributed by atoms with van der Waals surface area (Å²) in [6, 6.07) is 0. The standard InChI is InChI=1S/C19H39NO10/c20-19(22)30-5-2-1-4-23-7-9-25-11-13-27-15-17-29-18-16-28-14-12-26-10-8-24-6-3-21/h21H,1-18H2,(H2,20,22). The van der Waals surface area contributed by atoms with Crippen LogP contribution in [0, 0.1) is 0 Å². The van der Waals surface area contributed by atoms with E-state index in [9.17, 15) is 4.79 Å². The fourth-order valence-corrected chi connectivity index (χ4v) is 1.97. The minimum Gasteiger partial charge on any atom is -0.450 e. The molecule has 11 nitrogen and oxygen atoms in total. The van der Waals surface area contributed by atoms with E-state index in [1.807, 2.05) is 0 Å². The Morgan fingerprint density at radius 3 is 1.13 bits per heavy atom. The second-order valence-electron chi connectivity index (χ2n) is 5.88. The quantitative estimate of drug-likeness (QED) is 0.186. The molecule has 0 radical (unpaired) electrons. The third-order valence-electron chi connectivity index (χ3n) is 3.40. The van der Waals surface area contributed by atoms with Gasteiger partial charge in [-0.3, -0.25) is 0 Å². The molecule has 0 aliphatic rings. The lowest BCUT2D eigenvalue weighted by Crippen LogP contribution is -2.15. The first-order valence-corrected chi connectivity index (χ1v) is 10.3. The average Bonchev–Trinajstić information content (AvgIpc) is 2.73. The van der Waals surface area contributed by atoms with Crippen LogP contribution in [0.1, 0.15) is 12.8 Å². The molecule has 0 rings (SSSR count). The maximum Gasteiger partial charge on any atom is 0.404 e. The molecule has 180 valence electrons. The van der Waals surface area contributed by atoms with Gasteiger partial charge >= 0.3 is 6.09 Å². The number of carbonyl (C=O) groups excluding carboxylic acids is 1. The van der Waals surface area contributed by atoms with Gasteiger partial charge in [-0.05, 0) is 12.8 Å². The molecule has 11 heteroatoms. The Bertz CT molecular complexity index is 349. The Morgan fingerprint density at radius 1 is 0.500 bits per heavy atom. The summed E-state index contributed by atoms with van der Waals surface area (Å²) in [6.07, 6.45) is 0.780. The van der Waals surface area contributed by atoms with Crippen molar-refractivity contribution in [1.82, 2.24) is 0 Å². The molecule has 0 spiro atoms. The highest BCUT2D eigenvalue weighted by Gasteiger charge is 1.96. The smallest absolute Gasteiger partial charge is 0.404 e. The van der Waals surface area contributed by atoms with Crippen LogP contribution in [0.5, 0.6) is 0 Å². The average molecular weight is 442 g/mol. The van der Waals surface area contributed by atoms with Crippen LogP contribution >= 0.6 is 0 Å². The minimum atomic E-state index is -0.747. The zero-order valence-electron chi connectivity index (χ0n) is 17.9. The van der Waals surface area contributed by atoms with E-state index in [-0.39, 0.29) is 6.61 Å². The maximum absolute atomic E-state index is 10.3. The Kier molecular flexibility index (Phi) is 25.1. The number of nitrogens with two attached hydrogens (primary N) is 1. The fourth-order valence-electron chi connectivity index (χ4n) is 1.97. The van der Waals surface area contributed by atoms with Crippen LogP contribution < -0.4 is 5.73 Å². The number of primary amides is 1. The van der Waals surface area contributed by atoms with Crippen molar-refractivity contribution in [3.63, 3.8) is 0 Å². The van der Waals surface area contributed by atoms with Crippen LogP contribution in [0.3, 0.4) is 0 Å². The number of aliphatic hydroxyl groups is 1. The van der Waals surface area contributed by atoms with Crippen molar-refractivity contribution in [3.05, 3.63) is 0 Å². The molecular weight excluding hydrogens is 402 g/mol. The van der Waals surface area contributed by atoms with Gasteiger partial charge in [0.25, 0.3) is 0 Å². The molecule has 0 heterocycles. The highest BCUT2D eigenvalue weighted by atomic mass is 16.6. The van der Waals surface area contributed by atoms with Crippen molar-refractivity contribution >= 4 is 6.09 Å². The third kappa shape index (κ3) is 27.0. The summed E-state index contributed by atoms with van der Waals surface area (Å²) in [5.74, 6) is 0. The van der Waals surface area contributed by atoms with E-state index in [1.165, 1.54) is 0 Å². The van der Waals surface area contributed by atoms with E-state index >= 15 is 0 Å². The molecule has 0 saturated carbocycles. The largest absolute Gasteiger partial charge is 0.450 e. The fraction of sp³-hybridized carbons (Fsp3) is 0.947. The van der Waals surface area contributed by atoms with E-state index in [1.54, 1.807) is 0 Å². The number of unbranched alkanes of at least 4 members (excludes halogenated alkanes) is 1. The van der Waals surface area contributed by atoms with Crippen molar-refractivity contribution < 1.29 is 47.8 Å². The monoisotopic (exact) mass is 441 g/mol. The number of hydrogen-bond acceptors (Lipinski definition) is 10. The first kappa shape index (κ1) is 28.9. The molecule has 0 aromatic carbocycles. The predicted molar refractivity (Wildman–Crippen MR) is 108 cm³/mol. The highest BCUT2D eigenvalue weighted by Crippen LogP contribution is 1.92. The summed E-state index contributed by atoms with van der Waals surface area (Å²) in [7, 11) is 0. The van der Waals surface area contributed by atoms with E-state index in [2.05, 4.69) is 4.74 Å². The molecular formula is C19H39NO10. The summed E-state index contributed by atoms with van der Waals surface area (Å²) < 4.78 is 41.9. The number of ether oxygens (including phenoxy) is 8. The van der Waals surface area contributed by atoms with Crippen LogP contribution in [0.4, 0.5) is 4.79 Å². The zero-order chi connectivity index (χ0) is 22.0. The Balaban J connectivity index is 2.99. The number of aliphatic hydroxyl groups excluding tert-OH is 1. The Morgan fingerprint density at radius 2 is 0.800 bits per heavy atom. The first-order chi connectivity index (χ1) is 14.8. The second-order valence-corrected chi connectivity index (χ2v) is 5.88. The van der Waals surface area contributed by atoms with Gasteiger partial charge in [-0.1, -0.05) is 0 Å². The number of amides is 1. The molecule has 1 amide bonds. The molecule has 3 N–H and O–H groups in total. The normalized spacial score (nSPS) is 11.1. The zero-order valence-corrected chi connectivity index (χ0v) is 17.9. The van der Waals surface area contributed by atoms with Gasteiger partial charge in [0.05, 0.1) is 99.1 Å². The van der Waals surface area contributed by atoms with E-state index in [0.717, 1.165) is 12.8 Å².